The predicted octanol–water partition coefficient (Wildman–Crippen LogP) is 2.79. The van der Waals surface area contributed by atoms with Crippen molar-refractivity contribution in [2.24, 2.45) is 11.8 Å². The molecular formula is C21H25ClN2O3. The monoisotopic (exact) mass is 388 g/mol. The van der Waals surface area contributed by atoms with Gasteiger partial charge in [-0.15, -0.1) is 0 Å². The molecule has 2 aromatic rings. The van der Waals surface area contributed by atoms with E-state index in [1.165, 1.54) is 6.20 Å². The summed E-state index contributed by atoms with van der Waals surface area (Å²) in [6, 6.07) is 10.9. The number of likely N-dealkylation sites (tertiary alicyclic amines) is 1. The number of hydrogen-bond acceptors (Lipinski definition) is 5. The van der Waals surface area contributed by atoms with Crippen molar-refractivity contribution in [2.75, 3.05) is 19.6 Å². The van der Waals surface area contributed by atoms with Gasteiger partial charge in [0.05, 0.1) is 17.5 Å². The van der Waals surface area contributed by atoms with Crippen LogP contribution < -0.4 is 0 Å². The van der Waals surface area contributed by atoms with Gasteiger partial charge in [-0.25, -0.2) is 0 Å². The van der Waals surface area contributed by atoms with Crippen molar-refractivity contribution in [3.8, 4) is 5.75 Å². The van der Waals surface area contributed by atoms with Gasteiger partial charge in [-0.05, 0) is 48.4 Å². The number of hydrogen-bond donors (Lipinski definition) is 3. The fourth-order valence-corrected chi connectivity index (χ4v) is 4.98. The Kier molecular flexibility index (Phi) is 5.12. The van der Waals surface area contributed by atoms with Crippen LogP contribution in [0.2, 0.25) is 5.02 Å². The molecule has 0 spiro atoms. The van der Waals surface area contributed by atoms with Gasteiger partial charge in [-0.1, -0.05) is 29.8 Å². The molecule has 5 nitrogen and oxygen atoms in total. The van der Waals surface area contributed by atoms with Crippen LogP contribution in [0.25, 0.3) is 0 Å². The second-order valence-corrected chi connectivity index (χ2v) is 8.50. The Morgan fingerprint density at radius 2 is 1.85 bits per heavy atom. The molecule has 6 heteroatoms. The third-order valence-electron chi connectivity index (χ3n) is 5.96. The number of halogens is 1. The van der Waals surface area contributed by atoms with Gasteiger partial charge in [0.2, 0.25) is 0 Å². The van der Waals surface area contributed by atoms with Crippen LogP contribution in [0.5, 0.6) is 5.75 Å². The fraction of sp³-hybridized carbons (Fsp3) is 0.476. The lowest BCUT2D eigenvalue weighted by molar-refractivity contribution is 0.0327. The first-order valence-corrected chi connectivity index (χ1v) is 9.81. The highest BCUT2D eigenvalue weighted by molar-refractivity contribution is 6.31. The molecule has 4 rings (SSSR count). The molecule has 1 aromatic carbocycles. The Hall–Kier alpha value is -1.66. The first-order chi connectivity index (χ1) is 12.9. The quantitative estimate of drug-likeness (QED) is 0.734. The minimum atomic E-state index is -0.691. The van der Waals surface area contributed by atoms with E-state index >= 15 is 0 Å². The van der Waals surface area contributed by atoms with E-state index in [0.717, 1.165) is 31.5 Å². The molecule has 4 atom stereocenters. The molecule has 2 unspecified atom stereocenters. The lowest BCUT2D eigenvalue weighted by atomic mass is 9.91. The Morgan fingerprint density at radius 3 is 2.48 bits per heavy atom. The summed E-state index contributed by atoms with van der Waals surface area (Å²) in [5.41, 5.74) is 0.885. The van der Waals surface area contributed by atoms with Crippen molar-refractivity contribution in [1.29, 1.82) is 0 Å². The second-order valence-electron chi connectivity index (χ2n) is 8.10. The minimum Gasteiger partial charge on any atom is -0.506 e. The van der Waals surface area contributed by atoms with Crippen LogP contribution in [0.15, 0.2) is 42.6 Å². The van der Waals surface area contributed by atoms with Crippen LogP contribution in [0, 0.1) is 11.8 Å². The molecule has 0 amide bonds. The van der Waals surface area contributed by atoms with Crippen LogP contribution in [-0.4, -0.2) is 50.4 Å². The first kappa shape index (κ1) is 18.7. The van der Waals surface area contributed by atoms with Crippen LogP contribution in [0.4, 0.5) is 0 Å². The summed E-state index contributed by atoms with van der Waals surface area (Å²) in [4.78, 5) is 6.35. The van der Waals surface area contributed by atoms with E-state index in [0.29, 0.717) is 35.5 Å². The molecular weight excluding hydrogens is 364 g/mol. The van der Waals surface area contributed by atoms with E-state index in [1.807, 2.05) is 24.3 Å². The molecule has 1 saturated carbocycles. The fourth-order valence-electron chi connectivity index (χ4n) is 4.78. The van der Waals surface area contributed by atoms with Gasteiger partial charge in [0.15, 0.2) is 0 Å². The van der Waals surface area contributed by atoms with E-state index in [1.54, 1.807) is 12.1 Å². The van der Waals surface area contributed by atoms with Gasteiger partial charge < -0.3 is 15.3 Å². The molecule has 144 valence electrons. The SMILES string of the molecule is Oc1ccc(C(O)CN2C[C@@H]3CC(O)(Cc4ccccc4Cl)C[C@@H]3C2)nc1. The molecule has 1 aromatic heterocycles. The number of pyridine rings is 1. The van der Waals surface area contributed by atoms with Crippen molar-refractivity contribution < 1.29 is 15.3 Å². The first-order valence-electron chi connectivity index (χ1n) is 9.43. The molecule has 1 saturated heterocycles. The molecule has 1 aliphatic heterocycles. The summed E-state index contributed by atoms with van der Waals surface area (Å²) in [5.74, 6) is 0.981. The van der Waals surface area contributed by atoms with Gasteiger partial charge >= 0.3 is 0 Å². The van der Waals surface area contributed by atoms with Crippen molar-refractivity contribution in [1.82, 2.24) is 9.88 Å². The van der Waals surface area contributed by atoms with E-state index in [4.69, 9.17) is 11.6 Å². The maximum atomic E-state index is 11.1. The highest BCUT2D eigenvalue weighted by Crippen LogP contribution is 2.46. The molecule has 3 N–H and O–H groups in total. The molecule has 1 aliphatic carbocycles. The van der Waals surface area contributed by atoms with Gasteiger partial charge in [0, 0.05) is 31.1 Å². The van der Waals surface area contributed by atoms with Crippen molar-refractivity contribution in [3.05, 3.63) is 58.9 Å². The van der Waals surface area contributed by atoms with E-state index in [2.05, 4.69) is 9.88 Å². The maximum absolute atomic E-state index is 11.1. The molecule has 2 aliphatic rings. The van der Waals surface area contributed by atoms with Crippen molar-refractivity contribution in [2.45, 2.75) is 31.0 Å². The molecule has 0 bridgehead atoms. The van der Waals surface area contributed by atoms with Crippen molar-refractivity contribution >= 4 is 11.6 Å². The number of aliphatic hydroxyl groups is 2. The van der Waals surface area contributed by atoms with E-state index < -0.39 is 11.7 Å². The van der Waals surface area contributed by atoms with Gasteiger partial charge in [-0.2, -0.15) is 0 Å². The summed E-state index contributed by atoms with van der Waals surface area (Å²) in [6.45, 7) is 2.28. The van der Waals surface area contributed by atoms with E-state index in [9.17, 15) is 15.3 Å². The zero-order chi connectivity index (χ0) is 19.0. The van der Waals surface area contributed by atoms with Gasteiger partial charge in [-0.3, -0.25) is 9.88 Å². The normalized spacial score (nSPS) is 29.0. The summed E-state index contributed by atoms with van der Waals surface area (Å²) < 4.78 is 0. The molecule has 2 fully saturated rings. The maximum Gasteiger partial charge on any atom is 0.133 e. The van der Waals surface area contributed by atoms with Crippen LogP contribution >= 0.6 is 11.6 Å². The lowest BCUT2D eigenvalue weighted by Gasteiger charge is -2.27. The summed E-state index contributed by atoms with van der Waals surface area (Å²) in [6.07, 6.45) is 2.82. The molecule has 27 heavy (non-hydrogen) atoms. The summed E-state index contributed by atoms with van der Waals surface area (Å²) in [5, 5.41) is 31.5. The summed E-state index contributed by atoms with van der Waals surface area (Å²) >= 11 is 6.27. The number of β-amino-alcohol motifs (C(OH)–C–C–N with tert-alkyl or cyclic N) is 1. The van der Waals surface area contributed by atoms with Gasteiger partial charge in [0.1, 0.15) is 11.9 Å². The third-order valence-corrected chi connectivity index (χ3v) is 6.33. The number of aliphatic hydroxyl groups excluding tert-OH is 1. The van der Waals surface area contributed by atoms with Gasteiger partial charge in [0.25, 0.3) is 0 Å². The number of aromatic nitrogens is 1. The Bertz CT molecular complexity index is 784. The zero-order valence-corrected chi connectivity index (χ0v) is 15.9. The Morgan fingerprint density at radius 1 is 1.15 bits per heavy atom. The van der Waals surface area contributed by atoms with Crippen molar-refractivity contribution in [3.63, 3.8) is 0 Å². The highest BCUT2D eigenvalue weighted by atomic mass is 35.5. The smallest absolute Gasteiger partial charge is 0.133 e. The second kappa shape index (κ2) is 7.40. The average Bonchev–Trinajstić information content (AvgIpc) is 3.11. The minimum absolute atomic E-state index is 0.0967. The lowest BCUT2D eigenvalue weighted by Crippen LogP contribution is -2.33. The highest BCUT2D eigenvalue weighted by Gasteiger charge is 2.48. The summed E-state index contributed by atoms with van der Waals surface area (Å²) in [7, 11) is 0. The zero-order valence-electron chi connectivity index (χ0n) is 15.1. The van der Waals surface area contributed by atoms with Crippen LogP contribution in [0.1, 0.15) is 30.2 Å². The molecule has 2 heterocycles. The number of benzene rings is 1. The largest absolute Gasteiger partial charge is 0.506 e. The number of fused-ring (bicyclic) bond motifs is 1. The number of nitrogens with zero attached hydrogens (tertiary/aromatic N) is 2. The van der Waals surface area contributed by atoms with Crippen LogP contribution in [0.3, 0.4) is 0 Å². The average molecular weight is 389 g/mol. The van der Waals surface area contributed by atoms with Crippen LogP contribution in [-0.2, 0) is 6.42 Å². The third kappa shape index (κ3) is 4.11. The number of rotatable bonds is 5. The topological polar surface area (TPSA) is 76.8 Å². The predicted molar refractivity (Wildman–Crippen MR) is 104 cm³/mol. The Balaban J connectivity index is 1.34. The number of aromatic hydroxyl groups is 1. The standard InChI is InChI=1S/C21H25ClN2O3/c22-18-4-2-1-3-14(18)7-21(27)8-15-11-24(12-16(15)9-21)13-20(26)19-6-5-17(25)10-23-19/h1-6,10,15-16,20,25-27H,7-9,11-13H2/t15-,16+,20?,21?. The Labute approximate surface area is 164 Å². The van der Waals surface area contributed by atoms with E-state index in [-0.39, 0.29) is 5.75 Å². The molecule has 0 radical (unpaired) electrons.